The molecule has 0 rings (SSSR count). The maximum absolute atomic E-state index is 3.24. The minimum absolute atomic E-state index is 1.00. The lowest BCUT2D eigenvalue weighted by Crippen LogP contribution is -2.10. The summed E-state index contributed by atoms with van der Waals surface area (Å²) in [4.78, 5) is 0. The molecule has 0 aromatic rings. The Morgan fingerprint density at radius 2 is 1.36 bits per heavy atom. The van der Waals surface area contributed by atoms with E-state index in [0.29, 0.717) is 0 Å². The molecule has 0 aromatic heterocycles. The average molecular weight is 199 g/mol. The van der Waals surface area contributed by atoms with E-state index in [0.717, 1.165) is 5.92 Å². The summed E-state index contributed by atoms with van der Waals surface area (Å²) < 4.78 is 0. The summed E-state index contributed by atoms with van der Waals surface area (Å²) in [7, 11) is 2.05. The molecular formula is C13H29N. The molecule has 0 saturated carbocycles. The largest absolute Gasteiger partial charge is 0.320 e. The van der Waals surface area contributed by atoms with E-state index >= 15 is 0 Å². The Labute approximate surface area is 90.7 Å². The van der Waals surface area contributed by atoms with Gasteiger partial charge < -0.3 is 5.32 Å². The second kappa shape index (κ2) is 11.0. The first-order valence-electron chi connectivity index (χ1n) is 6.49. The zero-order chi connectivity index (χ0) is 10.6. The number of unbranched alkanes of at least 4 members (excludes halogenated alkanes) is 2. The molecule has 1 nitrogen and oxygen atoms in total. The van der Waals surface area contributed by atoms with Crippen LogP contribution in [0.3, 0.4) is 0 Å². The van der Waals surface area contributed by atoms with Crippen LogP contribution in [0, 0.1) is 5.92 Å². The fourth-order valence-electron chi connectivity index (χ4n) is 1.99. The summed E-state index contributed by atoms with van der Waals surface area (Å²) in [6.45, 7) is 5.78. The van der Waals surface area contributed by atoms with Crippen molar-refractivity contribution in [3.8, 4) is 0 Å². The van der Waals surface area contributed by atoms with Gasteiger partial charge in [0.15, 0.2) is 0 Å². The van der Waals surface area contributed by atoms with Crippen LogP contribution in [0.15, 0.2) is 0 Å². The molecule has 0 aliphatic heterocycles. The molecule has 0 aliphatic rings. The van der Waals surface area contributed by atoms with Crippen LogP contribution in [0.1, 0.15) is 65.2 Å². The summed E-state index contributed by atoms with van der Waals surface area (Å²) >= 11 is 0. The van der Waals surface area contributed by atoms with Crippen molar-refractivity contribution in [1.82, 2.24) is 5.32 Å². The smallest absolute Gasteiger partial charge is 0.00518 e. The van der Waals surface area contributed by atoms with Crippen LogP contribution in [0.5, 0.6) is 0 Å². The molecule has 0 saturated heterocycles. The monoisotopic (exact) mass is 199 g/mol. The van der Waals surface area contributed by atoms with Gasteiger partial charge in [-0.15, -0.1) is 0 Å². The highest BCUT2D eigenvalue weighted by Crippen LogP contribution is 2.20. The molecule has 0 spiro atoms. The van der Waals surface area contributed by atoms with Gasteiger partial charge in [-0.05, 0) is 32.4 Å². The van der Waals surface area contributed by atoms with Gasteiger partial charge in [-0.3, -0.25) is 0 Å². The third-order valence-electron chi connectivity index (χ3n) is 2.97. The van der Waals surface area contributed by atoms with Crippen LogP contribution >= 0.6 is 0 Å². The van der Waals surface area contributed by atoms with E-state index in [1.807, 2.05) is 7.05 Å². The van der Waals surface area contributed by atoms with E-state index in [9.17, 15) is 0 Å². The van der Waals surface area contributed by atoms with Crippen LogP contribution in [0.25, 0.3) is 0 Å². The van der Waals surface area contributed by atoms with Crippen LogP contribution in [-0.2, 0) is 0 Å². The van der Waals surface area contributed by atoms with Crippen molar-refractivity contribution in [2.24, 2.45) is 5.92 Å². The molecule has 86 valence electrons. The van der Waals surface area contributed by atoms with E-state index in [2.05, 4.69) is 19.2 Å². The molecule has 1 N–H and O–H groups in total. The van der Waals surface area contributed by atoms with Gasteiger partial charge in [0.05, 0.1) is 0 Å². The predicted molar refractivity (Wildman–Crippen MR) is 65.7 cm³/mol. The van der Waals surface area contributed by atoms with Gasteiger partial charge in [0.2, 0.25) is 0 Å². The summed E-state index contributed by atoms with van der Waals surface area (Å²) in [6.07, 6.45) is 11.3. The lowest BCUT2D eigenvalue weighted by Gasteiger charge is -2.15. The SMILES string of the molecule is CCCCC(CCCC)CCCNC. The summed E-state index contributed by atoms with van der Waals surface area (Å²) in [6, 6.07) is 0. The Morgan fingerprint density at radius 3 is 1.79 bits per heavy atom. The Kier molecular flexibility index (Phi) is 11.0. The average Bonchev–Trinajstić information content (AvgIpc) is 2.21. The Balaban J connectivity index is 3.49. The lowest BCUT2D eigenvalue weighted by molar-refractivity contribution is 0.382. The zero-order valence-electron chi connectivity index (χ0n) is 10.4. The Hall–Kier alpha value is -0.0400. The van der Waals surface area contributed by atoms with Gasteiger partial charge in [0.25, 0.3) is 0 Å². The molecule has 0 unspecified atom stereocenters. The molecule has 0 aliphatic carbocycles. The maximum Gasteiger partial charge on any atom is -0.00518 e. The molecule has 0 atom stereocenters. The molecule has 0 radical (unpaired) electrons. The minimum Gasteiger partial charge on any atom is -0.320 e. The van der Waals surface area contributed by atoms with Crippen LogP contribution in [0.2, 0.25) is 0 Å². The molecule has 0 amide bonds. The normalized spacial score (nSPS) is 11.1. The van der Waals surface area contributed by atoms with Crippen molar-refractivity contribution in [3.63, 3.8) is 0 Å². The molecule has 0 fully saturated rings. The van der Waals surface area contributed by atoms with Gasteiger partial charge in [0, 0.05) is 0 Å². The molecule has 1 heteroatoms. The van der Waals surface area contributed by atoms with Crippen molar-refractivity contribution in [2.45, 2.75) is 65.2 Å². The summed E-state index contributed by atoms with van der Waals surface area (Å²) in [5, 5.41) is 3.24. The third kappa shape index (κ3) is 8.55. The fraction of sp³-hybridized carbons (Fsp3) is 1.00. The van der Waals surface area contributed by atoms with Crippen LogP contribution in [0.4, 0.5) is 0 Å². The number of nitrogens with one attached hydrogen (secondary N) is 1. The Bertz CT molecular complexity index is 93.4. The van der Waals surface area contributed by atoms with Crippen molar-refractivity contribution in [2.75, 3.05) is 13.6 Å². The van der Waals surface area contributed by atoms with E-state index in [1.54, 1.807) is 0 Å². The Morgan fingerprint density at radius 1 is 0.857 bits per heavy atom. The molecule has 14 heavy (non-hydrogen) atoms. The van der Waals surface area contributed by atoms with Crippen molar-refractivity contribution >= 4 is 0 Å². The highest BCUT2D eigenvalue weighted by molar-refractivity contribution is 4.60. The van der Waals surface area contributed by atoms with Gasteiger partial charge in [0.1, 0.15) is 0 Å². The van der Waals surface area contributed by atoms with Crippen LogP contribution < -0.4 is 5.32 Å². The van der Waals surface area contributed by atoms with Gasteiger partial charge in [-0.1, -0.05) is 52.4 Å². The highest BCUT2D eigenvalue weighted by atomic mass is 14.8. The first-order valence-corrected chi connectivity index (χ1v) is 6.49. The molecule has 0 heterocycles. The van der Waals surface area contributed by atoms with Crippen molar-refractivity contribution in [3.05, 3.63) is 0 Å². The maximum atomic E-state index is 3.24. The van der Waals surface area contributed by atoms with Crippen molar-refractivity contribution in [1.29, 1.82) is 0 Å². The fourth-order valence-corrected chi connectivity index (χ4v) is 1.99. The van der Waals surface area contributed by atoms with Gasteiger partial charge in [-0.25, -0.2) is 0 Å². The van der Waals surface area contributed by atoms with Crippen LogP contribution in [-0.4, -0.2) is 13.6 Å². The first kappa shape index (κ1) is 14.0. The summed E-state index contributed by atoms with van der Waals surface area (Å²) in [5.41, 5.74) is 0. The second-order valence-electron chi connectivity index (χ2n) is 4.40. The van der Waals surface area contributed by atoms with E-state index < -0.39 is 0 Å². The number of rotatable bonds is 10. The summed E-state index contributed by atoms with van der Waals surface area (Å²) in [5.74, 6) is 1.00. The number of hydrogen-bond acceptors (Lipinski definition) is 1. The van der Waals surface area contributed by atoms with Gasteiger partial charge >= 0.3 is 0 Å². The molecule has 0 bridgehead atoms. The first-order chi connectivity index (χ1) is 6.85. The minimum atomic E-state index is 1.00. The topological polar surface area (TPSA) is 12.0 Å². The van der Waals surface area contributed by atoms with E-state index in [4.69, 9.17) is 0 Å². The van der Waals surface area contributed by atoms with E-state index in [1.165, 1.54) is 57.9 Å². The molecular weight excluding hydrogens is 170 g/mol. The molecule has 0 aromatic carbocycles. The quantitative estimate of drug-likeness (QED) is 0.525. The van der Waals surface area contributed by atoms with Gasteiger partial charge in [-0.2, -0.15) is 0 Å². The third-order valence-corrected chi connectivity index (χ3v) is 2.97. The zero-order valence-corrected chi connectivity index (χ0v) is 10.4. The lowest BCUT2D eigenvalue weighted by atomic mass is 9.92. The van der Waals surface area contributed by atoms with Crippen molar-refractivity contribution < 1.29 is 0 Å². The van der Waals surface area contributed by atoms with E-state index in [-0.39, 0.29) is 0 Å². The number of hydrogen-bond donors (Lipinski definition) is 1. The second-order valence-corrected chi connectivity index (χ2v) is 4.40. The highest BCUT2D eigenvalue weighted by Gasteiger charge is 2.06. The predicted octanol–water partition coefficient (Wildman–Crippen LogP) is 3.98. The standard InChI is InChI=1S/C13H29N/c1-4-6-9-13(10-7-5-2)11-8-12-14-3/h13-14H,4-12H2,1-3H3.